The highest BCUT2D eigenvalue weighted by molar-refractivity contribution is 14.0. The summed E-state index contributed by atoms with van der Waals surface area (Å²) in [5, 5.41) is 6.34. The Hall–Kier alpha value is -1.91. The van der Waals surface area contributed by atoms with Crippen LogP contribution in [-0.4, -0.2) is 69.5 Å². The van der Waals surface area contributed by atoms with E-state index in [0.717, 1.165) is 49.0 Å². The quantitative estimate of drug-likeness (QED) is 0.332. The number of likely N-dealkylation sites (tertiary alicyclic amines) is 1. The van der Waals surface area contributed by atoms with Crippen molar-refractivity contribution in [3.8, 4) is 11.5 Å². The van der Waals surface area contributed by atoms with Gasteiger partial charge >= 0.3 is 6.09 Å². The molecule has 0 bridgehead atoms. The van der Waals surface area contributed by atoms with Crippen molar-refractivity contribution in [3.63, 3.8) is 0 Å². The Kier molecular flexibility index (Phi) is 10.5. The minimum absolute atomic E-state index is 0. The summed E-state index contributed by atoms with van der Waals surface area (Å²) in [7, 11) is 5.04. The summed E-state index contributed by atoms with van der Waals surface area (Å²) in [6.45, 7) is 7.85. The van der Waals surface area contributed by atoms with Crippen molar-refractivity contribution >= 4 is 36.0 Å². The summed E-state index contributed by atoms with van der Waals surface area (Å²) in [6, 6.07) is 5.98. The van der Waals surface area contributed by atoms with Crippen LogP contribution in [0.15, 0.2) is 23.2 Å². The molecule has 1 heterocycles. The van der Waals surface area contributed by atoms with Crippen molar-refractivity contribution in [2.24, 2.45) is 4.99 Å². The first-order chi connectivity index (χ1) is 13.8. The average Bonchev–Trinajstić information content (AvgIpc) is 3.11. The number of rotatable bonds is 6. The minimum Gasteiger partial charge on any atom is -0.493 e. The van der Waals surface area contributed by atoms with Crippen LogP contribution in [0.25, 0.3) is 0 Å². The van der Waals surface area contributed by atoms with Gasteiger partial charge in [0.15, 0.2) is 17.5 Å². The number of ether oxygens (including phenoxy) is 3. The zero-order valence-corrected chi connectivity index (χ0v) is 21.1. The second kappa shape index (κ2) is 12.1. The van der Waals surface area contributed by atoms with E-state index < -0.39 is 5.60 Å². The molecule has 1 aliphatic heterocycles. The van der Waals surface area contributed by atoms with Gasteiger partial charge in [0, 0.05) is 26.7 Å². The molecule has 1 fully saturated rings. The summed E-state index contributed by atoms with van der Waals surface area (Å²) in [4.78, 5) is 18.5. The molecule has 1 aromatic carbocycles. The minimum atomic E-state index is -0.496. The van der Waals surface area contributed by atoms with Gasteiger partial charge in [-0.15, -0.1) is 24.0 Å². The third-order valence-corrected chi connectivity index (χ3v) is 4.57. The molecule has 170 valence electrons. The number of alkyl carbamates (subject to hydrolysis) is 1. The number of aliphatic imine (C=N–C) groups is 1. The first kappa shape index (κ1) is 26.1. The predicted molar refractivity (Wildman–Crippen MR) is 129 cm³/mol. The molecule has 1 saturated heterocycles. The zero-order chi connectivity index (χ0) is 21.4. The van der Waals surface area contributed by atoms with Gasteiger partial charge in [-0.2, -0.15) is 0 Å². The molecule has 2 rings (SSSR count). The average molecular weight is 534 g/mol. The largest absolute Gasteiger partial charge is 0.493 e. The number of carbonyl (C=O) groups excluding carboxylic acids is 1. The Morgan fingerprint density at radius 1 is 1.23 bits per heavy atom. The fraction of sp³-hybridized carbons (Fsp3) is 0.619. The number of benzene rings is 1. The van der Waals surface area contributed by atoms with Gasteiger partial charge in [0.05, 0.1) is 20.3 Å². The van der Waals surface area contributed by atoms with Gasteiger partial charge in [-0.25, -0.2) is 4.79 Å². The van der Waals surface area contributed by atoms with Crippen LogP contribution in [0.2, 0.25) is 0 Å². The van der Waals surface area contributed by atoms with Gasteiger partial charge in [0.2, 0.25) is 0 Å². The second-order valence-electron chi connectivity index (χ2n) is 7.99. The van der Waals surface area contributed by atoms with Crippen LogP contribution >= 0.6 is 24.0 Å². The second-order valence-corrected chi connectivity index (χ2v) is 7.99. The number of nitrogens with zero attached hydrogens (tertiary/aromatic N) is 2. The summed E-state index contributed by atoms with van der Waals surface area (Å²) < 4.78 is 16.0. The van der Waals surface area contributed by atoms with E-state index in [2.05, 4.69) is 20.5 Å². The van der Waals surface area contributed by atoms with Gasteiger partial charge in [0.25, 0.3) is 0 Å². The van der Waals surface area contributed by atoms with Gasteiger partial charge in [-0.3, -0.25) is 4.99 Å². The summed E-state index contributed by atoms with van der Waals surface area (Å²) in [5.41, 5.74) is 0.654. The van der Waals surface area contributed by atoms with Crippen LogP contribution in [0, 0.1) is 0 Å². The molecule has 1 unspecified atom stereocenters. The van der Waals surface area contributed by atoms with Crippen LogP contribution in [0.4, 0.5) is 4.79 Å². The maximum absolute atomic E-state index is 12.0. The standard InChI is InChI=1S/C21H34N4O4.HI/c1-21(2,3)29-20(26)24-16-10-12-25(14-16)19(22-4)23-11-9-15-7-8-17(27-5)18(13-15)28-6;/h7-8,13,16H,9-12,14H2,1-6H3,(H,22,23)(H,24,26);1H. The lowest BCUT2D eigenvalue weighted by Crippen LogP contribution is -2.44. The van der Waals surface area contributed by atoms with Crippen molar-refractivity contribution in [2.45, 2.75) is 45.3 Å². The van der Waals surface area contributed by atoms with Gasteiger partial charge in [0.1, 0.15) is 5.60 Å². The van der Waals surface area contributed by atoms with Crippen molar-refractivity contribution in [1.29, 1.82) is 0 Å². The van der Waals surface area contributed by atoms with E-state index >= 15 is 0 Å². The Balaban J connectivity index is 0.00000450. The molecule has 1 aromatic rings. The van der Waals surface area contributed by atoms with Crippen LogP contribution in [-0.2, 0) is 11.2 Å². The molecule has 9 heteroatoms. The lowest BCUT2D eigenvalue weighted by molar-refractivity contribution is 0.0507. The normalized spacial score (nSPS) is 16.5. The molecule has 0 aromatic heterocycles. The van der Waals surface area contributed by atoms with E-state index in [1.807, 2.05) is 39.0 Å². The van der Waals surface area contributed by atoms with E-state index in [0.29, 0.717) is 6.54 Å². The van der Waals surface area contributed by atoms with Crippen molar-refractivity contribution in [1.82, 2.24) is 15.5 Å². The number of carbonyl (C=O) groups is 1. The molecule has 30 heavy (non-hydrogen) atoms. The fourth-order valence-electron chi connectivity index (χ4n) is 3.23. The Morgan fingerprint density at radius 3 is 2.53 bits per heavy atom. The van der Waals surface area contributed by atoms with Gasteiger partial charge in [-0.1, -0.05) is 6.07 Å². The number of amides is 1. The summed E-state index contributed by atoms with van der Waals surface area (Å²) in [5.74, 6) is 2.28. The molecule has 1 amide bonds. The zero-order valence-electron chi connectivity index (χ0n) is 18.8. The highest BCUT2D eigenvalue weighted by atomic mass is 127. The lowest BCUT2D eigenvalue weighted by atomic mass is 10.1. The van der Waals surface area contributed by atoms with Crippen LogP contribution < -0.4 is 20.1 Å². The van der Waals surface area contributed by atoms with E-state index in [9.17, 15) is 4.79 Å². The van der Waals surface area contributed by atoms with Gasteiger partial charge in [-0.05, 0) is 51.3 Å². The predicted octanol–water partition coefficient (Wildman–Crippen LogP) is 3.04. The van der Waals surface area contributed by atoms with E-state index in [4.69, 9.17) is 14.2 Å². The third kappa shape index (κ3) is 8.08. The molecule has 1 atom stereocenters. The maximum Gasteiger partial charge on any atom is 0.407 e. The SMILES string of the molecule is CN=C(NCCc1ccc(OC)c(OC)c1)N1CCC(NC(=O)OC(C)(C)C)C1.I. The smallest absolute Gasteiger partial charge is 0.407 e. The lowest BCUT2D eigenvalue weighted by Gasteiger charge is -2.23. The van der Waals surface area contributed by atoms with Crippen LogP contribution in [0.1, 0.15) is 32.8 Å². The maximum atomic E-state index is 12.0. The molecule has 8 nitrogen and oxygen atoms in total. The Labute approximate surface area is 196 Å². The van der Waals surface area contributed by atoms with Crippen LogP contribution in [0.5, 0.6) is 11.5 Å². The molecular formula is C21H35IN4O4. The Bertz CT molecular complexity index is 721. The monoisotopic (exact) mass is 534 g/mol. The van der Waals surface area contributed by atoms with Crippen molar-refractivity contribution in [2.75, 3.05) is 40.9 Å². The number of hydrogen-bond donors (Lipinski definition) is 2. The molecule has 0 saturated carbocycles. The number of methoxy groups -OCH3 is 2. The summed E-state index contributed by atoms with van der Waals surface area (Å²) >= 11 is 0. The van der Waals surface area contributed by atoms with Crippen molar-refractivity contribution < 1.29 is 19.0 Å². The molecule has 0 aliphatic carbocycles. The molecular weight excluding hydrogens is 499 g/mol. The number of guanidine groups is 1. The topological polar surface area (TPSA) is 84.4 Å². The molecule has 2 N–H and O–H groups in total. The number of hydrogen-bond acceptors (Lipinski definition) is 5. The highest BCUT2D eigenvalue weighted by Gasteiger charge is 2.27. The van der Waals surface area contributed by atoms with Crippen molar-refractivity contribution in [3.05, 3.63) is 23.8 Å². The van der Waals surface area contributed by atoms with Gasteiger partial charge < -0.3 is 29.7 Å². The first-order valence-corrected chi connectivity index (χ1v) is 9.91. The first-order valence-electron chi connectivity index (χ1n) is 9.91. The molecule has 1 aliphatic rings. The van der Waals surface area contributed by atoms with E-state index in [-0.39, 0.29) is 36.1 Å². The molecule has 0 radical (unpaired) electrons. The van der Waals surface area contributed by atoms with Crippen LogP contribution in [0.3, 0.4) is 0 Å². The Morgan fingerprint density at radius 2 is 1.93 bits per heavy atom. The number of nitrogens with one attached hydrogen (secondary N) is 2. The molecule has 0 spiro atoms. The third-order valence-electron chi connectivity index (χ3n) is 4.57. The van der Waals surface area contributed by atoms with E-state index in [1.165, 1.54) is 0 Å². The fourth-order valence-corrected chi connectivity index (χ4v) is 3.23. The van der Waals surface area contributed by atoms with E-state index in [1.54, 1.807) is 21.3 Å². The number of halogens is 1. The highest BCUT2D eigenvalue weighted by Crippen LogP contribution is 2.27. The summed E-state index contributed by atoms with van der Waals surface area (Å²) in [6.07, 6.45) is 1.31.